The van der Waals surface area contributed by atoms with Crippen molar-refractivity contribution in [3.8, 4) is 11.1 Å². The van der Waals surface area contributed by atoms with Crippen LogP contribution in [0.4, 0.5) is 0 Å². The van der Waals surface area contributed by atoms with E-state index in [0.29, 0.717) is 4.75 Å². The Morgan fingerprint density at radius 1 is 0.676 bits per heavy atom. The number of thioether (sulfide) groups is 1. The van der Waals surface area contributed by atoms with Gasteiger partial charge < -0.3 is 9.31 Å². The molecule has 5 aliphatic rings. The van der Waals surface area contributed by atoms with Gasteiger partial charge in [0.25, 0.3) is 0 Å². The first kappa shape index (κ1) is 24.3. The fraction of sp³-hybridized carbons (Fsp3) is 0.515. The summed E-state index contributed by atoms with van der Waals surface area (Å²) in [6.45, 7) is 8.42. The topological polar surface area (TPSA) is 18.5 Å². The standard InChI is InChI=1S/C33H39BO2S/c1-31(2)32(3,4)36-34(35-31)29-12-9-27-17-26(7-8-28(27)18-29)25-10-13-30(14-11-25)37-33-19-22-5-6-23(20-33)16-24(15-22)21-33/h7-14,17-18,22-24H,5-6,15-16,19-21H2,1-4H3. The summed E-state index contributed by atoms with van der Waals surface area (Å²) in [5.41, 5.74) is 3.01. The fourth-order valence-electron chi connectivity index (χ4n) is 7.77. The molecule has 5 fully saturated rings. The van der Waals surface area contributed by atoms with Gasteiger partial charge in [-0.05, 0) is 123 Å². The van der Waals surface area contributed by atoms with Crippen LogP contribution in [0.3, 0.4) is 0 Å². The van der Waals surface area contributed by atoms with Gasteiger partial charge in [0.1, 0.15) is 0 Å². The van der Waals surface area contributed by atoms with Gasteiger partial charge in [-0.1, -0.05) is 55.3 Å². The minimum absolute atomic E-state index is 0.322. The average Bonchev–Trinajstić information content (AvgIpc) is 2.94. The lowest BCUT2D eigenvalue weighted by atomic mass is 9.67. The van der Waals surface area contributed by atoms with Crippen LogP contribution in [-0.4, -0.2) is 23.1 Å². The highest BCUT2D eigenvalue weighted by Gasteiger charge is 2.52. The molecular formula is C33H39BO2S. The van der Waals surface area contributed by atoms with E-state index in [1.807, 2.05) is 0 Å². The highest BCUT2D eigenvalue weighted by Crippen LogP contribution is 2.59. The number of benzene rings is 3. The molecule has 192 valence electrons. The Hall–Kier alpha value is -1.75. The van der Waals surface area contributed by atoms with Crippen LogP contribution >= 0.6 is 11.8 Å². The van der Waals surface area contributed by atoms with Crippen molar-refractivity contribution in [1.82, 2.24) is 0 Å². The summed E-state index contributed by atoms with van der Waals surface area (Å²) in [5, 5.41) is 2.47. The maximum absolute atomic E-state index is 6.27. The zero-order valence-electron chi connectivity index (χ0n) is 22.8. The molecule has 1 saturated heterocycles. The van der Waals surface area contributed by atoms with Crippen molar-refractivity contribution in [1.29, 1.82) is 0 Å². The summed E-state index contributed by atoms with van der Waals surface area (Å²) in [6.07, 6.45) is 10.3. The second-order valence-corrected chi connectivity index (χ2v) is 15.0. The molecule has 2 unspecified atom stereocenters. The third-order valence-corrected chi connectivity index (χ3v) is 11.7. The maximum Gasteiger partial charge on any atom is 0.494 e. The van der Waals surface area contributed by atoms with Crippen LogP contribution in [0.15, 0.2) is 65.6 Å². The molecule has 1 heterocycles. The van der Waals surface area contributed by atoms with Crippen molar-refractivity contribution in [2.75, 3.05) is 0 Å². The first-order valence-electron chi connectivity index (χ1n) is 14.4. The Labute approximate surface area is 227 Å². The summed E-state index contributed by atoms with van der Waals surface area (Å²) in [4.78, 5) is 1.46. The van der Waals surface area contributed by atoms with E-state index in [1.54, 1.807) is 0 Å². The lowest BCUT2D eigenvalue weighted by Gasteiger charge is -2.48. The van der Waals surface area contributed by atoms with E-state index >= 15 is 0 Å². The van der Waals surface area contributed by atoms with E-state index in [2.05, 4.69) is 100 Å². The van der Waals surface area contributed by atoms with E-state index in [1.165, 1.54) is 71.7 Å². The molecule has 3 aromatic carbocycles. The SMILES string of the molecule is CC1(C)OB(c2ccc3cc(-c4ccc(SC56CC7CCC(CC(C7)C5)C6)cc4)ccc3c2)OC1(C)C. The summed E-state index contributed by atoms with van der Waals surface area (Å²) in [5.74, 6) is 2.97. The molecule has 37 heavy (non-hydrogen) atoms. The van der Waals surface area contributed by atoms with Gasteiger partial charge in [0, 0.05) is 9.64 Å². The smallest absolute Gasteiger partial charge is 0.399 e. The van der Waals surface area contributed by atoms with Crippen molar-refractivity contribution in [2.45, 2.75) is 93.5 Å². The molecule has 3 aromatic rings. The van der Waals surface area contributed by atoms with Gasteiger partial charge in [-0.25, -0.2) is 0 Å². The van der Waals surface area contributed by atoms with Gasteiger partial charge in [-0.3, -0.25) is 0 Å². The van der Waals surface area contributed by atoms with E-state index in [4.69, 9.17) is 9.31 Å². The van der Waals surface area contributed by atoms with Gasteiger partial charge in [-0.15, -0.1) is 11.8 Å². The molecule has 4 saturated carbocycles. The third-order valence-electron chi connectivity index (χ3n) is 10.2. The van der Waals surface area contributed by atoms with Crippen molar-refractivity contribution in [3.63, 3.8) is 0 Å². The lowest BCUT2D eigenvalue weighted by Crippen LogP contribution is -2.41. The van der Waals surface area contributed by atoms with E-state index in [9.17, 15) is 0 Å². The molecule has 0 aromatic heterocycles. The first-order valence-corrected chi connectivity index (χ1v) is 15.2. The molecule has 0 spiro atoms. The second kappa shape index (κ2) is 8.63. The summed E-state index contributed by atoms with van der Waals surface area (Å²) in [7, 11) is -0.322. The Balaban J connectivity index is 1.09. The normalized spacial score (nSPS) is 31.7. The predicted octanol–water partition coefficient (Wildman–Crippen LogP) is 8.26. The van der Waals surface area contributed by atoms with Crippen LogP contribution in [0.1, 0.15) is 72.6 Å². The van der Waals surface area contributed by atoms with Crippen molar-refractivity contribution < 1.29 is 9.31 Å². The van der Waals surface area contributed by atoms with Crippen molar-refractivity contribution >= 4 is 35.1 Å². The van der Waals surface area contributed by atoms with Gasteiger partial charge in [0.15, 0.2) is 0 Å². The number of fused-ring (bicyclic) bond motifs is 2. The molecule has 0 N–H and O–H groups in total. The highest BCUT2D eigenvalue weighted by atomic mass is 32.2. The molecular weight excluding hydrogens is 471 g/mol. The molecule has 0 radical (unpaired) electrons. The van der Waals surface area contributed by atoms with Crippen molar-refractivity contribution in [2.24, 2.45) is 17.8 Å². The average molecular weight is 511 g/mol. The van der Waals surface area contributed by atoms with Crippen LogP contribution in [0, 0.1) is 17.8 Å². The van der Waals surface area contributed by atoms with E-state index in [0.717, 1.165) is 23.2 Å². The minimum atomic E-state index is -0.324. The predicted molar refractivity (Wildman–Crippen MR) is 156 cm³/mol. The Bertz CT molecular complexity index is 1300. The van der Waals surface area contributed by atoms with Gasteiger partial charge in [0.2, 0.25) is 0 Å². The van der Waals surface area contributed by atoms with Gasteiger partial charge in [-0.2, -0.15) is 0 Å². The van der Waals surface area contributed by atoms with E-state index in [-0.39, 0.29) is 18.3 Å². The van der Waals surface area contributed by atoms with Gasteiger partial charge >= 0.3 is 7.12 Å². The number of rotatable bonds is 4. The third kappa shape index (κ3) is 4.37. The fourth-order valence-corrected chi connectivity index (χ4v) is 9.50. The monoisotopic (exact) mass is 510 g/mol. The zero-order valence-corrected chi connectivity index (χ0v) is 23.6. The van der Waals surface area contributed by atoms with Crippen LogP contribution in [0.5, 0.6) is 0 Å². The van der Waals surface area contributed by atoms with Crippen molar-refractivity contribution in [3.05, 3.63) is 60.7 Å². The molecule has 4 bridgehead atoms. The van der Waals surface area contributed by atoms with Crippen LogP contribution in [0.2, 0.25) is 0 Å². The second-order valence-electron chi connectivity index (χ2n) is 13.5. The lowest BCUT2D eigenvalue weighted by molar-refractivity contribution is 0.00578. The Morgan fingerprint density at radius 3 is 1.92 bits per heavy atom. The van der Waals surface area contributed by atoms with Gasteiger partial charge in [0.05, 0.1) is 11.2 Å². The maximum atomic E-state index is 6.27. The molecule has 4 heteroatoms. The first-order chi connectivity index (χ1) is 17.7. The molecule has 4 aliphatic carbocycles. The summed E-state index contributed by atoms with van der Waals surface area (Å²) >= 11 is 2.21. The number of hydrogen-bond donors (Lipinski definition) is 0. The quantitative estimate of drug-likeness (QED) is 0.329. The zero-order chi connectivity index (χ0) is 25.4. The van der Waals surface area contributed by atoms with E-state index < -0.39 is 0 Å². The van der Waals surface area contributed by atoms with Crippen LogP contribution in [-0.2, 0) is 9.31 Å². The van der Waals surface area contributed by atoms with Crippen LogP contribution < -0.4 is 5.46 Å². The number of hydrogen-bond acceptors (Lipinski definition) is 3. The summed E-state index contributed by atoms with van der Waals surface area (Å²) < 4.78 is 13.1. The molecule has 2 atom stereocenters. The molecule has 8 rings (SSSR count). The molecule has 1 aliphatic heterocycles. The minimum Gasteiger partial charge on any atom is -0.399 e. The molecule has 0 amide bonds. The Kier molecular flexibility index (Phi) is 5.67. The Morgan fingerprint density at radius 2 is 1.24 bits per heavy atom. The largest absolute Gasteiger partial charge is 0.494 e. The summed E-state index contributed by atoms with van der Waals surface area (Å²) in [6, 6.07) is 22.8. The molecule has 2 nitrogen and oxygen atoms in total. The highest BCUT2D eigenvalue weighted by molar-refractivity contribution is 8.00. The van der Waals surface area contributed by atoms with Crippen LogP contribution in [0.25, 0.3) is 21.9 Å².